The molecule has 2 rings (SSSR count). The number of nitrogens with zero attached hydrogens (tertiary/aromatic N) is 2. The Bertz CT molecular complexity index is 505. The standard InChI is InChI=1S/C14H21N3O2/c1-10-7-14(12(3)19-10)11(2)15-8-13(18)9-17-6-4-5-16-17/h4-7,11,13,15,18H,8-9H2,1-3H3. The summed E-state index contributed by atoms with van der Waals surface area (Å²) in [5.74, 6) is 1.84. The van der Waals surface area contributed by atoms with Crippen LogP contribution in [0.4, 0.5) is 0 Å². The molecule has 2 heterocycles. The molecule has 2 aromatic rings. The number of rotatable bonds is 6. The lowest BCUT2D eigenvalue weighted by Crippen LogP contribution is -2.32. The monoisotopic (exact) mass is 263 g/mol. The van der Waals surface area contributed by atoms with Crippen LogP contribution in [0.25, 0.3) is 0 Å². The van der Waals surface area contributed by atoms with Crippen LogP contribution in [0.15, 0.2) is 28.9 Å². The van der Waals surface area contributed by atoms with Crippen LogP contribution in [-0.2, 0) is 6.54 Å². The first-order valence-corrected chi connectivity index (χ1v) is 6.52. The van der Waals surface area contributed by atoms with Crippen molar-refractivity contribution in [1.29, 1.82) is 0 Å². The van der Waals surface area contributed by atoms with Crippen molar-refractivity contribution in [1.82, 2.24) is 15.1 Å². The van der Waals surface area contributed by atoms with Crippen molar-refractivity contribution in [3.05, 3.63) is 41.6 Å². The van der Waals surface area contributed by atoms with Crippen LogP contribution in [0.3, 0.4) is 0 Å². The normalized spacial score (nSPS) is 14.5. The molecular formula is C14H21N3O2. The molecule has 0 radical (unpaired) electrons. The summed E-state index contributed by atoms with van der Waals surface area (Å²) in [5.41, 5.74) is 1.14. The predicted octanol–water partition coefficient (Wildman–Crippen LogP) is 1.80. The van der Waals surface area contributed by atoms with Crippen molar-refractivity contribution in [3.8, 4) is 0 Å². The summed E-state index contributed by atoms with van der Waals surface area (Å²) >= 11 is 0. The summed E-state index contributed by atoms with van der Waals surface area (Å²) in [6.45, 7) is 6.98. The largest absolute Gasteiger partial charge is 0.466 e. The Morgan fingerprint density at radius 1 is 1.47 bits per heavy atom. The van der Waals surface area contributed by atoms with Gasteiger partial charge in [0.15, 0.2) is 0 Å². The number of hydrogen-bond donors (Lipinski definition) is 2. The third-order valence-corrected chi connectivity index (χ3v) is 3.16. The maximum Gasteiger partial charge on any atom is 0.105 e. The minimum Gasteiger partial charge on any atom is -0.466 e. The second-order valence-electron chi connectivity index (χ2n) is 4.88. The number of hydrogen-bond acceptors (Lipinski definition) is 4. The summed E-state index contributed by atoms with van der Waals surface area (Å²) in [5, 5.41) is 17.3. The molecule has 2 N–H and O–H groups in total. The molecule has 0 saturated heterocycles. The van der Waals surface area contributed by atoms with Gasteiger partial charge in [0.1, 0.15) is 11.5 Å². The lowest BCUT2D eigenvalue weighted by molar-refractivity contribution is 0.143. The minimum absolute atomic E-state index is 0.157. The first-order chi connectivity index (χ1) is 9.06. The number of aliphatic hydroxyl groups is 1. The van der Waals surface area contributed by atoms with Crippen molar-refractivity contribution in [2.45, 2.75) is 39.5 Å². The van der Waals surface area contributed by atoms with Crippen LogP contribution >= 0.6 is 0 Å². The highest BCUT2D eigenvalue weighted by molar-refractivity contribution is 5.23. The second-order valence-corrected chi connectivity index (χ2v) is 4.88. The van der Waals surface area contributed by atoms with Gasteiger partial charge in [0.25, 0.3) is 0 Å². The Hall–Kier alpha value is -1.59. The lowest BCUT2D eigenvalue weighted by atomic mass is 10.1. The van der Waals surface area contributed by atoms with Gasteiger partial charge in [0.05, 0.1) is 12.6 Å². The molecular weight excluding hydrogens is 242 g/mol. The van der Waals surface area contributed by atoms with Gasteiger partial charge in [-0.25, -0.2) is 0 Å². The van der Waals surface area contributed by atoms with Crippen molar-refractivity contribution in [2.75, 3.05) is 6.54 Å². The van der Waals surface area contributed by atoms with Crippen molar-refractivity contribution >= 4 is 0 Å². The molecule has 5 heteroatoms. The first kappa shape index (κ1) is 13.8. The predicted molar refractivity (Wildman–Crippen MR) is 72.8 cm³/mol. The quantitative estimate of drug-likeness (QED) is 0.834. The van der Waals surface area contributed by atoms with Crippen molar-refractivity contribution in [3.63, 3.8) is 0 Å². The smallest absolute Gasteiger partial charge is 0.105 e. The van der Waals surface area contributed by atoms with E-state index in [-0.39, 0.29) is 6.04 Å². The van der Waals surface area contributed by atoms with Gasteiger partial charge < -0.3 is 14.8 Å². The molecule has 0 amide bonds. The van der Waals surface area contributed by atoms with Crippen LogP contribution in [0.5, 0.6) is 0 Å². The van der Waals surface area contributed by atoms with Gasteiger partial charge in [-0.1, -0.05) is 0 Å². The fourth-order valence-electron chi connectivity index (χ4n) is 2.19. The molecule has 0 aliphatic carbocycles. The highest BCUT2D eigenvalue weighted by Crippen LogP contribution is 2.20. The number of aliphatic hydroxyl groups excluding tert-OH is 1. The average Bonchev–Trinajstić information content (AvgIpc) is 2.96. The van der Waals surface area contributed by atoms with Crippen LogP contribution in [0.1, 0.15) is 30.0 Å². The van der Waals surface area contributed by atoms with E-state index in [4.69, 9.17) is 4.42 Å². The van der Waals surface area contributed by atoms with E-state index in [9.17, 15) is 5.11 Å². The van der Waals surface area contributed by atoms with Gasteiger partial charge in [-0.15, -0.1) is 0 Å². The zero-order valence-corrected chi connectivity index (χ0v) is 11.6. The van der Waals surface area contributed by atoms with E-state index in [2.05, 4.69) is 17.3 Å². The van der Waals surface area contributed by atoms with Gasteiger partial charge in [-0.05, 0) is 32.9 Å². The molecule has 0 bridgehead atoms. The number of aromatic nitrogens is 2. The molecule has 0 aliphatic rings. The maximum absolute atomic E-state index is 9.94. The fourth-order valence-corrected chi connectivity index (χ4v) is 2.19. The SMILES string of the molecule is Cc1cc(C(C)NCC(O)Cn2cccn2)c(C)o1. The molecule has 104 valence electrons. The molecule has 0 aromatic carbocycles. The Morgan fingerprint density at radius 2 is 2.26 bits per heavy atom. The van der Waals surface area contributed by atoms with E-state index in [0.717, 1.165) is 17.1 Å². The van der Waals surface area contributed by atoms with E-state index in [1.54, 1.807) is 10.9 Å². The molecule has 2 atom stereocenters. The summed E-state index contributed by atoms with van der Waals surface area (Å²) in [6, 6.07) is 4.04. The highest BCUT2D eigenvalue weighted by Gasteiger charge is 2.14. The first-order valence-electron chi connectivity index (χ1n) is 6.52. The summed E-state index contributed by atoms with van der Waals surface area (Å²) in [6.07, 6.45) is 3.09. The van der Waals surface area contributed by atoms with E-state index in [0.29, 0.717) is 13.1 Å². The maximum atomic E-state index is 9.94. The summed E-state index contributed by atoms with van der Waals surface area (Å²) in [7, 11) is 0. The Balaban J connectivity index is 1.83. The lowest BCUT2D eigenvalue weighted by Gasteiger charge is -2.16. The zero-order chi connectivity index (χ0) is 13.8. The molecule has 0 spiro atoms. The minimum atomic E-state index is -0.462. The number of furan rings is 1. The highest BCUT2D eigenvalue weighted by atomic mass is 16.3. The number of nitrogens with one attached hydrogen (secondary N) is 1. The summed E-state index contributed by atoms with van der Waals surface area (Å²) < 4.78 is 7.24. The third-order valence-electron chi connectivity index (χ3n) is 3.16. The Morgan fingerprint density at radius 3 is 2.84 bits per heavy atom. The van der Waals surface area contributed by atoms with Gasteiger partial charge >= 0.3 is 0 Å². The van der Waals surface area contributed by atoms with Crippen LogP contribution in [0.2, 0.25) is 0 Å². The average molecular weight is 263 g/mol. The summed E-state index contributed by atoms with van der Waals surface area (Å²) in [4.78, 5) is 0. The van der Waals surface area contributed by atoms with Gasteiger partial charge in [0, 0.05) is 30.5 Å². The molecule has 0 aliphatic heterocycles. The Labute approximate surface area is 113 Å². The van der Waals surface area contributed by atoms with Crippen molar-refractivity contribution in [2.24, 2.45) is 0 Å². The topological polar surface area (TPSA) is 63.2 Å². The van der Waals surface area contributed by atoms with Crippen LogP contribution < -0.4 is 5.32 Å². The molecule has 0 fully saturated rings. The third kappa shape index (κ3) is 3.68. The van der Waals surface area contributed by atoms with E-state index >= 15 is 0 Å². The molecule has 0 saturated carbocycles. The Kier molecular flexibility index (Phi) is 4.39. The van der Waals surface area contributed by atoms with Gasteiger partial charge in [0.2, 0.25) is 0 Å². The molecule has 19 heavy (non-hydrogen) atoms. The molecule has 2 aromatic heterocycles. The van der Waals surface area contributed by atoms with E-state index in [1.807, 2.05) is 32.2 Å². The van der Waals surface area contributed by atoms with Crippen LogP contribution in [0, 0.1) is 13.8 Å². The molecule has 5 nitrogen and oxygen atoms in total. The van der Waals surface area contributed by atoms with E-state index in [1.165, 1.54) is 0 Å². The van der Waals surface area contributed by atoms with Crippen molar-refractivity contribution < 1.29 is 9.52 Å². The molecule has 2 unspecified atom stereocenters. The van der Waals surface area contributed by atoms with Gasteiger partial charge in [-0.2, -0.15) is 5.10 Å². The van der Waals surface area contributed by atoms with E-state index < -0.39 is 6.10 Å². The van der Waals surface area contributed by atoms with Crippen LogP contribution in [-0.4, -0.2) is 27.5 Å². The number of aryl methyl sites for hydroxylation is 2. The zero-order valence-electron chi connectivity index (χ0n) is 11.6. The van der Waals surface area contributed by atoms with Gasteiger partial charge in [-0.3, -0.25) is 4.68 Å². The second kappa shape index (κ2) is 6.04. The fraction of sp³-hybridized carbons (Fsp3) is 0.500.